The van der Waals surface area contributed by atoms with Crippen LogP contribution in [0.3, 0.4) is 0 Å². The summed E-state index contributed by atoms with van der Waals surface area (Å²) in [5.74, 6) is 0.772. The van der Waals surface area contributed by atoms with Crippen LogP contribution in [-0.4, -0.2) is 10.2 Å². The average Bonchev–Trinajstić information content (AvgIpc) is 2.62. The molecular formula is C22H20O2. The molecule has 0 unspecified atom stereocenters. The minimum atomic E-state index is 0.325. The predicted octanol–water partition coefficient (Wildman–Crippen LogP) is 5.41. The molecule has 0 fully saturated rings. The van der Waals surface area contributed by atoms with Gasteiger partial charge in [-0.05, 0) is 70.9 Å². The van der Waals surface area contributed by atoms with Crippen molar-refractivity contribution in [3.05, 3.63) is 88.7 Å². The average molecular weight is 316 g/mol. The molecule has 0 amide bonds. The Labute approximate surface area is 142 Å². The topological polar surface area (TPSA) is 40.5 Å². The van der Waals surface area contributed by atoms with Gasteiger partial charge in [0.25, 0.3) is 0 Å². The van der Waals surface area contributed by atoms with Crippen molar-refractivity contribution in [3.63, 3.8) is 0 Å². The van der Waals surface area contributed by atoms with Crippen LogP contribution in [0.25, 0.3) is 11.1 Å². The van der Waals surface area contributed by atoms with E-state index in [2.05, 4.69) is 24.3 Å². The van der Waals surface area contributed by atoms with Crippen molar-refractivity contribution in [2.24, 2.45) is 0 Å². The number of phenols is 1. The molecule has 2 aliphatic carbocycles. The summed E-state index contributed by atoms with van der Waals surface area (Å²) in [5.41, 5.74) is 7.55. The van der Waals surface area contributed by atoms with Crippen LogP contribution >= 0.6 is 0 Å². The molecule has 0 aliphatic heterocycles. The standard InChI is InChI=1S/C22H20O2/c23-18-9-6-16(7-10-18)22-20(15-4-2-1-3-5-15)12-8-17-14-19(24)11-13-21(17)22/h1-6,9,11,13-14,23-24H,7-8,10,12H2. The van der Waals surface area contributed by atoms with Crippen LogP contribution in [-0.2, 0) is 6.42 Å². The van der Waals surface area contributed by atoms with Gasteiger partial charge in [-0.25, -0.2) is 0 Å². The van der Waals surface area contributed by atoms with Crippen LogP contribution in [0.2, 0.25) is 0 Å². The summed E-state index contributed by atoms with van der Waals surface area (Å²) in [7, 11) is 0. The highest BCUT2D eigenvalue weighted by molar-refractivity contribution is 6.00. The van der Waals surface area contributed by atoms with Crippen molar-refractivity contribution in [1.82, 2.24) is 0 Å². The molecule has 0 spiro atoms. The van der Waals surface area contributed by atoms with E-state index in [9.17, 15) is 10.2 Å². The monoisotopic (exact) mass is 316 g/mol. The quantitative estimate of drug-likeness (QED) is 0.777. The molecule has 2 heteroatoms. The molecule has 0 saturated heterocycles. The largest absolute Gasteiger partial charge is 0.512 e. The number of hydrogen-bond donors (Lipinski definition) is 2. The second-order valence-corrected chi connectivity index (χ2v) is 6.41. The van der Waals surface area contributed by atoms with Crippen molar-refractivity contribution >= 4 is 11.1 Å². The third-order valence-electron chi connectivity index (χ3n) is 4.88. The summed E-state index contributed by atoms with van der Waals surface area (Å²) >= 11 is 0. The van der Waals surface area contributed by atoms with Crippen molar-refractivity contribution < 1.29 is 10.2 Å². The Kier molecular flexibility index (Phi) is 3.73. The third kappa shape index (κ3) is 2.65. The van der Waals surface area contributed by atoms with Gasteiger partial charge in [-0.15, -0.1) is 0 Å². The fraction of sp³-hybridized carbons (Fsp3) is 0.182. The molecule has 120 valence electrons. The number of aliphatic hydroxyl groups excluding tert-OH is 1. The van der Waals surface area contributed by atoms with Gasteiger partial charge in [-0.3, -0.25) is 0 Å². The third-order valence-corrected chi connectivity index (χ3v) is 4.88. The molecule has 0 heterocycles. The minimum Gasteiger partial charge on any atom is -0.512 e. The van der Waals surface area contributed by atoms with E-state index in [4.69, 9.17) is 0 Å². The Morgan fingerprint density at radius 2 is 1.58 bits per heavy atom. The summed E-state index contributed by atoms with van der Waals surface area (Å²) in [6, 6.07) is 16.2. The summed E-state index contributed by atoms with van der Waals surface area (Å²) < 4.78 is 0. The second kappa shape index (κ2) is 6.04. The number of hydrogen-bond acceptors (Lipinski definition) is 2. The number of aromatic hydroxyl groups is 1. The maximum absolute atomic E-state index is 9.83. The fourth-order valence-corrected chi connectivity index (χ4v) is 3.71. The molecule has 2 aromatic carbocycles. The molecule has 2 N–H and O–H groups in total. The molecular weight excluding hydrogens is 296 g/mol. The first-order valence-electron chi connectivity index (χ1n) is 8.42. The molecule has 2 aliphatic rings. The van der Waals surface area contributed by atoms with E-state index >= 15 is 0 Å². The molecule has 24 heavy (non-hydrogen) atoms. The van der Waals surface area contributed by atoms with Crippen molar-refractivity contribution in [1.29, 1.82) is 0 Å². The smallest absolute Gasteiger partial charge is 0.115 e. The van der Waals surface area contributed by atoms with E-state index in [0.29, 0.717) is 17.9 Å². The zero-order valence-corrected chi connectivity index (χ0v) is 13.5. The van der Waals surface area contributed by atoms with Gasteiger partial charge in [0.2, 0.25) is 0 Å². The van der Waals surface area contributed by atoms with E-state index in [-0.39, 0.29) is 0 Å². The molecule has 0 aromatic heterocycles. The lowest BCUT2D eigenvalue weighted by Gasteiger charge is -2.27. The number of benzene rings is 2. The zero-order valence-electron chi connectivity index (χ0n) is 13.5. The molecule has 4 rings (SSSR count). The first-order valence-corrected chi connectivity index (χ1v) is 8.42. The van der Waals surface area contributed by atoms with E-state index in [1.54, 1.807) is 6.07 Å². The lowest BCUT2D eigenvalue weighted by atomic mass is 9.77. The Balaban J connectivity index is 1.94. The Morgan fingerprint density at radius 1 is 0.750 bits per heavy atom. The Bertz CT molecular complexity index is 870. The lowest BCUT2D eigenvalue weighted by Crippen LogP contribution is -2.08. The van der Waals surface area contributed by atoms with Gasteiger partial charge in [0.1, 0.15) is 5.75 Å². The van der Waals surface area contributed by atoms with E-state index in [1.807, 2.05) is 30.4 Å². The minimum absolute atomic E-state index is 0.325. The summed E-state index contributed by atoms with van der Waals surface area (Å²) in [6.45, 7) is 0. The first-order chi connectivity index (χ1) is 11.7. The van der Waals surface area contributed by atoms with Gasteiger partial charge >= 0.3 is 0 Å². The molecule has 2 nitrogen and oxygen atoms in total. The van der Waals surface area contributed by atoms with Crippen LogP contribution < -0.4 is 0 Å². The van der Waals surface area contributed by atoms with Gasteiger partial charge in [0.15, 0.2) is 0 Å². The maximum atomic E-state index is 9.83. The number of phenolic OH excluding ortho intramolecular Hbond substituents is 1. The summed E-state index contributed by atoms with van der Waals surface area (Å²) in [5, 5.41) is 19.5. The van der Waals surface area contributed by atoms with Gasteiger partial charge in [-0.2, -0.15) is 0 Å². The van der Waals surface area contributed by atoms with Crippen molar-refractivity contribution in [2.75, 3.05) is 0 Å². The van der Waals surface area contributed by atoms with E-state index in [1.165, 1.54) is 33.4 Å². The van der Waals surface area contributed by atoms with Crippen molar-refractivity contribution in [3.8, 4) is 5.75 Å². The second-order valence-electron chi connectivity index (χ2n) is 6.41. The maximum Gasteiger partial charge on any atom is 0.115 e. The highest BCUT2D eigenvalue weighted by atomic mass is 16.3. The fourth-order valence-electron chi connectivity index (χ4n) is 3.71. The number of rotatable bonds is 2. The normalized spacial score (nSPS) is 17.2. The molecule has 0 radical (unpaired) electrons. The number of allylic oxidation sites excluding steroid dienone is 6. The molecule has 0 bridgehead atoms. The van der Waals surface area contributed by atoms with Crippen LogP contribution in [0.4, 0.5) is 0 Å². The molecule has 0 saturated carbocycles. The van der Waals surface area contributed by atoms with E-state index in [0.717, 1.165) is 19.3 Å². The molecule has 0 atom stereocenters. The zero-order chi connectivity index (χ0) is 16.5. The number of aryl methyl sites for hydroxylation is 1. The van der Waals surface area contributed by atoms with Crippen LogP contribution in [0, 0.1) is 0 Å². The van der Waals surface area contributed by atoms with Gasteiger partial charge in [0.05, 0.1) is 5.76 Å². The van der Waals surface area contributed by atoms with Crippen LogP contribution in [0.5, 0.6) is 5.75 Å². The number of aliphatic hydroxyl groups is 1. The van der Waals surface area contributed by atoms with Crippen LogP contribution in [0.15, 0.2) is 72.0 Å². The SMILES string of the molecule is OC1=CC=C(C2=C(c3ccccc3)CCc3cc(O)ccc32)CC1. The van der Waals surface area contributed by atoms with Crippen molar-refractivity contribution in [2.45, 2.75) is 25.7 Å². The highest BCUT2D eigenvalue weighted by Crippen LogP contribution is 2.43. The lowest BCUT2D eigenvalue weighted by molar-refractivity contribution is 0.386. The first kappa shape index (κ1) is 14.8. The van der Waals surface area contributed by atoms with Crippen LogP contribution in [0.1, 0.15) is 36.0 Å². The summed E-state index contributed by atoms with van der Waals surface area (Å²) in [6.07, 6.45) is 7.27. The van der Waals surface area contributed by atoms with E-state index < -0.39 is 0 Å². The van der Waals surface area contributed by atoms with Gasteiger partial charge in [-0.1, -0.05) is 42.5 Å². The van der Waals surface area contributed by atoms with Gasteiger partial charge in [0, 0.05) is 6.42 Å². The predicted molar refractivity (Wildman–Crippen MR) is 97.7 cm³/mol. The van der Waals surface area contributed by atoms with Gasteiger partial charge < -0.3 is 10.2 Å². The Morgan fingerprint density at radius 3 is 2.33 bits per heavy atom. The Hall–Kier alpha value is -2.74. The molecule has 2 aromatic rings. The number of fused-ring (bicyclic) bond motifs is 1. The summed E-state index contributed by atoms with van der Waals surface area (Å²) in [4.78, 5) is 0. The highest BCUT2D eigenvalue weighted by Gasteiger charge is 2.23.